The van der Waals surface area contributed by atoms with E-state index in [1.54, 1.807) is 0 Å². The highest BCUT2D eigenvalue weighted by Gasteiger charge is 2.11. The molecule has 0 heterocycles. The smallest absolute Gasteiger partial charge is 0.250 e. The van der Waals surface area contributed by atoms with Crippen LogP contribution in [0.3, 0.4) is 0 Å². The maximum atomic E-state index is 11.3. The lowest BCUT2D eigenvalue weighted by atomic mass is 10.2. The third-order valence-electron chi connectivity index (χ3n) is 1.89. The average molecular weight is 263 g/mol. The quantitative estimate of drug-likeness (QED) is 0.854. The Hall–Kier alpha value is -1.27. The zero-order valence-corrected chi connectivity index (χ0v) is 10.1. The Morgan fingerprint density at radius 1 is 1.50 bits per heavy atom. The van der Waals surface area contributed by atoms with Crippen LogP contribution in [0.2, 0.25) is 5.02 Å². The van der Waals surface area contributed by atoms with Crippen molar-refractivity contribution >= 4 is 33.2 Å². The van der Waals surface area contributed by atoms with E-state index < -0.39 is 15.9 Å². The van der Waals surface area contributed by atoms with Gasteiger partial charge in [-0.2, -0.15) is 0 Å². The van der Waals surface area contributed by atoms with Crippen molar-refractivity contribution in [3.05, 3.63) is 28.8 Å². The summed E-state index contributed by atoms with van der Waals surface area (Å²) in [7, 11) is -3.37. The molecule has 0 unspecified atom stereocenters. The molecular weight excluding hydrogens is 252 g/mol. The Morgan fingerprint density at radius 2 is 2.12 bits per heavy atom. The molecule has 0 aromatic heterocycles. The van der Waals surface area contributed by atoms with Gasteiger partial charge in [0.1, 0.15) is 0 Å². The molecule has 1 aromatic carbocycles. The number of carbonyl (C=O) groups excluding carboxylic acids is 1. The molecule has 7 heteroatoms. The van der Waals surface area contributed by atoms with Crippen LogP contribution >= 0.6 is 11.6 Å². The van der Waals surface area contributed by atoms with Crippen molar-refractivity contribution < 1.29 is 13.2 Å². The first-order valence-electron chi connectivity index (χ1n) is 4.45. The molecule has 0 atom stereocenters. The van der Waals surface area contributed by atoms with E-state index in [1.807, 2.05) is 0 Å². The summed E-state index contributed by atoms with van der Waals surface area (Å²) in [4.78, 5) is 11.0. The van der Waals surface area contributed by atoms with Crippen LogP contribution in [0.1, 0.15) is 17.3 Å². The second-order valence-corrected chi connectivity index (χ2v) is 5.48. The number of hydrogen-bond acceptors (Lipinski definition) is 3. The van der Waals surface area contributed by atoms with Gasteiger partial charge in [-0.15, -0.1) is 0 Å². The number of rotatable bonds is 4. The minimum absolute atomic E-state index is 0.0540. The van der Waals surface area contributed by atoms with Crippen molar-refractivity contribution in [2.45, 2.75) is 6.92 Å². The van der Waals surface area contributed by atoms with Gasteiger partial charge in [0, 0.05) is 5.69 Å². The third-order valence-corrected chi connectivity index (χ3v) is 3.52. The summed E-state index contributed by atoms with van der Waals surface area (Å²) in [5.41, 5.74) is 5.42. The molecule has 5 nitrogen and oxygen atoms in total. The first-order chi connectivity index (χ1) is 7.35. The number of anilines is 1. The Balaban J connectivity index is 3.09. The van der Waals surface area contributed by atoms with Crippen LogP contribution < -0.4 is 10.5 Å². The van der Waals surface area contributed by atoms with E-state index in [0.717, 1.165) is 0 Å². The monoisotopic (exact) mass is 262 g/mol. The molecule has 0 aliphatic carbocycles. The van der Waals surface area contributed by atoms with Gasteiger partial charge in [0.2, 0.25) is 15.9 Å². The topological polar surface area (TPSA) is 89.3 Å². The second kappa shape index (κ2) is 4.71. The molecule has 0 saturated heterocycles. The molecule has 1 amide bonds. The molecular formula is C9H11ClN2O3S. The number of nitrogens with one attached hydrogen (secondary N) is 1. The van der Waals surface area contributed by atoms with Gasteiger partial charge in [-0.05, 0) is 25.1 Å². The number of primary amides is 1. The van der Waals surface area contributed by atoms with Gasteiger partial charge in [0.05, 0.1) is 16.3 Å². The number of halogens is 1. The first kappa shape index (κ1) is 12.8. The van der Waals surface area contributed by atoms with E-state index >= 15 is 0 Å². The Kier molecular flexibility index (Phi) is 3.77. The van der Waals surface area contributed by atoms with Gasteiger partial charge >= 0.3 is 0 Å². The lowest BCUT2D eigenvalue weighted by molar-refractivity contribution is 0.100. The summed E-state index contributed by atoms with van der Waals surface area (Å²) >= 11 is 5.72. The number of amides is 1. The molecule has 0 radical (unpaired) electrons. The minimum Gasteiger partial charge on any atom is -0.366 e. The summed E-state index contributed by atoms with van der Waals surface area (Å²) in [6.07, 6.45) is 0. The number of hydrogen-bond donors (Lipinski definition) is 2. The second-order valence-electron chi connectivity index (χ2n) is 3.06. The van der Waals surface area contributed by atoms with E-state index in [-0.39, 0.29) is 22.0 Å². The fraction of sp³-hybridized carbons (Fsp3) is 0.222. The van der Waals surface area contributed by atoms with Gasteiger partial charge in [0.25, 0.3) is 0 Å². The highest BCUT2D eigenvalue weighted by atomic mass is 35.5. The van der Waals surface area contributed by atoms with Crippen LogP contribution in [0.5, 0.6) is 0 Å². The zero-order valence-electron chi connectivity index (χ0n) is 8.53. The summed E-state index contributed by atoms with van der Waals surface area (Å²) < 4.78 is 24.8. The molecule has 1 aromatic rings. The Bertz CT molecular complexity index is 513. The molecule has 0 saturated carbocycles. The fourth-order valence-electron chi connectivity index (χ4n) is 1.03. The molecule has 16 heavy (non-hydrogen) atoms. The van der Waals surface area contributed by atoms with Gasteiger partial charge in [-0.25, -0.2) is 8.42 Å². The number of sulfonamides is 1. The normalized spacial score (nSPS) is 11.1. The summed E-state index contributed by atoms with van der Waals surface area (Å²) in [5, 5.41) is 0.187. The summed E-state index contributed by atoms with van der Waals surface area (Å²) in [6.45, 7) is 1.51. The highest BCUT2D eigenvalue weighted by Crippen LogP contribution is 2.20. The van der Waals surface area contributed by atoms with Gasteiger partial charge in [0.15, 0.2) is 0 Å². The number of nitrogens with two attached hydrogens (primary N) is 1. The maximum Gasteiger partial charge on any atom is 0.250 e. The fourth-order valence-corrected chi connectivity index (χ4v) is 1.87. The summed E-state index contributed by atoms with van der Waals surface area (Å²) in [6, 6.07) is 4.18. The van der Waals surface area contributed by atoms with Crippen molar-refractivity contribution in [1.82, 2.24) is 0 Å². The predicted octanol–water partition coefficient (Wildman–Crippen LogP) is 1.20. The average Bonchev–Trinajstić information content (AvgIpc) is 2.20. The van der Waals surface area contributed by atoms with Crippen LogP contribution in [0.4, 0.5) is 5.69 Å². The highest BCUT2D eigenvalue weighted by molar-refractivity contribution is 7.92. The molecule has 0 fully saturated rings. The predicted molar refractivity (Wildman–Crippen MR) is 63.1 cm³/mol. The van der Waals surface area contributed by atoms with E-state index in [2.05, 4.69) is 4.72 Å². The first-order valence-corrected chi connectivity index (χ1v) is 6.48. The van der Waals surface area contributed by atoms with Gasteiger partial charge < -0.3 is 5.73 Å². The molecule has 0 aliphatic heterocycles. The largest absolute Gasteiger partial charge is 0.366 e. The van der Waals surface area contributed by atoms with Crippen molar-refractivity contribution in [1.29, 1.82) is 0 Å². The minimum atomic E-state index is -3.37. The molecule has 0 aliphatic rings. The van der Waals surface area contributed by atoms with Crippen LogP contribution in [-0.4, -0.2) is 20.1 Å². The van der Waals surface area contributed by atoms with E-state index in [0.29, 0.717) is 0 Å². The molecule has 3 N–H and O–H groups in total. The summed E-state index contributed by atoms with van der Waals surface area (Å²) in [5.74, 6) is -0.760. The van der Waals surface area contributed by atoms with E-state index in [4.69, 9.17) is 17.3 Å². The molecule has 0 bridgehead atoms. The Labute approximate surface area is 98.6 Å². The Morgan fingerprint density at radius 3 is 2.62 bits per heavy atom. The molecule has 88 valence electrons. The van der Waals surface area contributed by atoms with Crippen LogP contribution in [-0.2, 0) is 10.0 Å². The van der Waals surface area contributed by atoms with Crippen molar-refractivity contribution in [3.63, 3.8) is 0 Å². The molecule has 1 rings (SSSR count). The lowest BCUT2D eigenvalue weighted by Gasteiger charge is -2.07. The van der Waals surface area contributed by atoms with E-state index in [1.165, 1.54) is 25.1 Å². The van der Waals surface area contributed by atoms with Crippen molar-refractivity contribution in [3.8, 4) is 0 Å². The van der Waals surface area contributed by atoms with Gasteiger partial charge in [-0.3, -0.25) is 9.52 Å². The number of carbonyl (C=O) groups is 1. The van der Waals surface area contributed by atoms with Crippen molar-refractivity contribution in [2.75, 3.05) is 10.5 Å². The van der Waals surface area contributed by atoms with E-state index in [9.17, 15) is 13.2 Å². The van der Waals surface area contributed by atoms with Crippen LogP contribution in [0.15, 0.2) is 18.2 Å². The third kappa shape index (κ3) is 3.11. The van der Waals surface area contributed by atoms with Gasteiger partial charge in [-0.1, -0.05) is 11.6 Å². The van der Waals surface area contributed by atoms with Crippen LogP contribution in [0, 0.1) is 0 Å². The lowest BCUT2D eigenvalue weighted by Crippen LogP contribution is -2.16. The SMILES string of the molecule is CCS(=O)(=O)Nc1ccc(Cl)c(C(N)=O)c1. The van der Waals surface area contributed by atoms with Crippen molar-refractivity contribution in [2.24, 2.45) is 5.73 Å². The zero-order chi connectivity index (χ0) is 12.3. The molecule has 0 spiro atoms. The number of benzene rings is 1. The standard InChI is InChI=1S/C9H11ClN2O3S/c1-2-16(14,15)12-6-3-4-8(10)7(5-6)9(11)13/h3-5,12H,2H2,1H3,(H2,11,13). The van der Waals surface area contributed by atoms with Crippen LogP contribution in [0.25, 0.3) is 0 Å². The maximum absolute atomic E-state index is 11.3.